The van der Waals surface area contributed by atoms with Gasteiger partial charge in [-0.05, 0) is 30.7 Å². The van der Waals surface area contributed by atoms with Gasteiger partial charge >= 0.3 is 5.97 Å². The van der Waals surface area contributed by atoms with Crippen LogP contribution in [0.5, 0.6) is 5.75 Å². The first-order chi connectivity index (χ1) is 11.9. The van der Waals surface area contributed by atoms with Crippen molar-refractivity contribution >= 4 is 17.7 Å². The van der Waals surface area contributed by atoms with Crippen molar-refractivity contribution in [1.29, 1.82) is 0 Å². The van der Waals surface area contributed by atoms with Crippen LogP contribution in [0.3, 0.4) is 0 Å². The van der Waals surface area contributed by atoms with Crippen molar-refractivity contribution in [2.24, 2.45) is 0 Å². The maximum atomic E-state index is 12.3. The Labute approximate surface area is 145 Å². The fourth-order valence-electron chi connectivity index (χ4n) is 2.45. The molecule has 2 N–H and O–H groups in total. The summed E-state index contributed by atoms with van der Waals surface area (Å²) in [6, 6.07) is 12.1. The lowest BCUT2D eigenvalue weighted by Crippen LogP contribution is -2.34. The molecular formula is C19H19NO5. The van der Waals surface area contributed by atoms with Gasteiger partial charge < -0.3 is 15.2 Å². The third-order valence-electron chi connectivity index (χ3n) is 3.72. The lowest BCUT2D eigenvalue weighted by Gasteiger charge is -2.16. The zero-order valence-corrected chi connectivity index (χ0v) is 14.0. The number of hydrogen-bond acceptors (Lipinski definition) is 4. The number of Topliss-reactive ketones (excluding diaryl/α,β-unsaturated/α-hetero) is 1. The second-order valence-corrected chi connectivity index (χ2v) is 5.51. The molecule has 0 spiro atoms. The molecule has 1 unspecified atom stereocenters. The van der Waals surface area contributed by atoms with Crippen LogP contribution in [-0.2, 0) is 16.0 Å². The van der Waals surface area contributed by atoms with E-state index >= 15 is 0 Å². The fourth-order valence-corrected chi connectivity index (χ4v) is 2.45. The van der Waals surface area contributed by atoms with Gasteiger partial charge in [-0.1, -0.05) is 30.3 Å². The molecule has 0 heterocycles. The summed E-state index contributed by atoms with van der Waals surface area (Å²) in [6.07, 6.45) is -0.0963. The average Bonchev–Trinajstić information content (AvgIpc) is 2.60. The van der Waals surface area contributed by atoms with Gasteiger partial charge in [0.15, 0.2) is 11.8 Å². The van der Waals surface area contributed by atoms with Crippen LogP contribution < -0.4 is 10.1 Å². The quantitative estimate of drug-likeness (QED) is 0.754. The number of methoxy groups -OCH3 is 1. The van der Waals surface area contributed by atoms with Crippen molar-refractivity contribution < 1.29 is 24.2 Å². The van der Waals surface area contributed by atoms with Crippen LogP contribution in [0.15, 0.2) is 48.5 Å². The van der Waals surface area contributed by atoms with Gasteiger partial charge in [-0.2, -0.15) is 0 Å². The number of rotatable bonds is 7. The first kappa shape index (κ1) is 18.2. The molecule has 0 aromatic heterocycles. The normalized spacial score (nSPS) is 11.4. The molecule has 0 bridgehead atoms. The lowest BCUT2D eigenvalue weighted by atomic mass is 10.0. The van der Waals surface area contributed by atoms with Crippen molar-refractivity contribution in [3.05, 3.63) is 65.2 Å². The van der Waals surface area contributed by atoms with Crippen molar-refractivity contribution in [3.63, 3.8) is 0 Å². The van der Waals surface area contributed by atoms with Crippen molar-refractivity contribution in [3.8, 4) is 5.75 Å². The molecule has 0 saturated heterocycles. The number of ketones is 1. The summed E-state index contributed by atoms with van der Waals surface area (Å²) in [6.45, 7) is 1.43. The van der Waals surface area contributed by atoms with Crippen LogP contribution in [0.1, 0.15) is 34.5 Å². The molecule has 6 heteroatoms. The van der Waals surface area contributed by atoms with Crippen LogP contribution in [0.2, 0.25) is 0 Å². The Morgan fingerprint density at radius 1 is 1.12 bits per heavy atom. The summed E-state index contributed by atoms with van der Waals surface area (Å²) >= 11 is 0. The molecule has 0 fully saturated rings. The minimum Gasteiger partial charge on any atom is -0.496 e. The molecular weight excluding hydrogens is 322 g/mol. The Morgan fingerprint density at radius 2 is 1.80 bits per heavy atom. The Hall–Kier alpha value is -3.15. The topological polar surface area (TPSA) is 92.7 Å². The number of aliphatic carboxylic acids is 1. The van der Waals surface area contributed by atoms with Crippen molar-refractivity contribution in [1.82, 2.24) is 5.32 Å². The molecule has 25 heavy (non-hydrogen) atoms. The van der Waals surface area contributed by atoms with Crippen LogP contribution in [-0.4, -0.2) is 29.9 Å². The first-order valence-electron chi connectivity index (χ1n) is 7.67. The van der Waals surface area contributed by atoms with Gasteiger partial charge in [0.2, 0.25) is 5.91 Å². The van der Waals surface area contributed by atoms with E-state index in [-0.39, 0.29) is 12.2 Å². The highest BCUT2D eigenvalue weighted by molar-refractivity contribution is 5.95. The SMILES string of the molecule is COc1ccc(C(C)=O)cc1CC(=O)NC(C(=O)O)c1ccccc1. The predicted octanol–water partition coefficient (Wildman–Crippen LogP) is 2.38. The second-order valence-electron chi connectivity index (χ2n) is 5.51. The van der Waals surface area contributed by atoms with E-state index < -0.39 is 17.9 Å². The third-order valence-corrected chi connectivity index (χ3v) is 3.72. The number of benzene rings is 2. The molecule has 130 valence electrons. The number of carboxylic acids is 1. The summed E-state index contributed by atoms with van der Waals surface area (Å²) in [5.74, 6) is -1.29. The van der Waals surface area contributed by atoms with Gasteiger partial charge in [0.1, 0.15) is 5.75 Å². The largest absolute Gasteiger partial charge is 0.496 e. The van der Waals surface area contributed by atoms with Gasteiger partial charge in [0.25, 0.3) is 0 Å². The molecule has 2 aromatic carbocycles. The van der Waals surface area contributed by atoms with Crippen LogP contribution in [0, 0.1) is 0 Å². The average molecular weight is 341 g/mol. The first-order valence-corrected chi connectivity index (χ1v) is 7.67. The van der Waals surface area contributed by atoms with Gasteiger partial charge in [-0.3, -0.25) is 9.59 Å². The van der Waals surface area contributed by atoms with Crippen LogP contribution in [0.25, 0.3) is 0 Å². The van der Waals surface area contributed by atoms with Crippen LogP contribution >= 0.6 is 0 Å². The van der Waals surface area contributed by atoms with E-state index in [4.69, 9.17) is 4.74 Å². The maximum Gasteiger partial charge on any atom is 0.330 e. The molecule has 0 aliphatic rings. The second kappa shape index (κ2) is 8.10. The fraction of sp³-hybridized carbons (Fsp3) is 0.211. The summed E-state index contributed by atoms with van der Waals surface area (Å²) in [5, 5.41) is 11.9. The molecule has 2 rings (SSSR count). The highest BCUT2D eigenvalue weighted by Gasteiger charge is 2.22. The van der Waals surface area contributed by atoms with Crippen molar-refractivity contribution in [2.45, 2.75) is 19.4 Å². The Bertz CT molecular complexity index is 786. The summed E-state index contributed by atoms with van der Waals surface area (Å²) < 4.78 is 5.21. The standard InChI is InChI=1S/C19H19NO5/c1-12(21)14-8-9-16(25-2)15(10-14)11-17(22)20-18(19(23)24)13-6-4-3-5-7-13/h3-10,18H,11H2,1-2H3,(H,20,22)(H,23,24). The van der Waals surface area contributed by atoms with E-state index in [2.05, 4.69) is 5.32 Å². The van der Waals surface area contributed by atoms with E-state index in [0.717, 1.165) is 0 Å². The Kier molecular flexibility index (Phi) is 5.89. The Morgan fingerprint density at radius 3 is 2.36 bits per heavy atom. The zero-order chi connectivity index (χ0) is 18.4. The smallest absolute Gasteiger partial charge is 0.330 e. The lowest BCUT2D eigenvalue weighted by molar-refractivity contribution is -0.141. The molecule has 2 aromatic rings. The number of carbonyl (C=O) groups is 3. The monoisotopic (exact) mass is 341 g/mol. The summed E-state index contributed by atoms with van der Waals surface area (Å²) in [7, 11) is 1.47. The van der Waals surface area contributed by atoms with E-state index in [9.17, 15) is 19.5 Å². The number of nitrogens with one attached hydrogen (secondary N) is 1. The Balaban J connectivity index is 2.20. The third kappa shape index (κ3) is 4.67. The minimum absolute atomic E-state index is 0.0963. The minimum atomic E-state index is -1.15. The van der Waals surface area contributed by atoms with Gasteiger partial charge in [-0.25, -0.2) is 4.79 Å². The number of amides is 1. The summed E-state index contributed by atoms with van der Waals surface area (Å²) in [5.41, 5.74) is 1.46. The van der Waals surface area contributed by atoms with Gasteiger partial charge in [0, 0.05) is 11.1 Å². The summed E-state index contributed by atoms with van der Waals surface area (Å²) in [4.78, 5) is 35.3. The molecule has 0 aliphatic carbocycles. The number of carboxylic acid groups (broad SMARTS) is 1. The number of hydrogen-bond donors (Lipinski definition) is 2. The highest BCUT2D eigenvalue weighted by Crippen LogP contribution is 2.21. The van der Waals surface area contributed by atoms with Crippen LogP contribution in [0.4, 0.5) is 0 Å². The van der Waals surface area contributed by atoms with E-state index in [1.54, 1.807) is 48.5 Å². The molecule has 1 atom stereocenters. The maximum absolute atomic E-state index is 12.3. The zero-order valence-electron chi connectivity index (χ0n) is 14.0. The molecule has 0 aliphatic heterocycles. The number of ether oxygens (including phenoxy) is 1. The van der Waals surface area contributed by atoms with E-state index in [1.165, 1.54) is 14.0 Å². The van der Waals surface area contributed by atoms with E-state index in [1.807, 2.05) is 0 Å². The molecule has 0 radical (unpaired) electrons. The van der Waals surface area contributed by atoms with Gasteiger partial charge in [-0.15, -0.1) is 0 Å². The van der Waals surface area contributed by atoms with E-state index in [0.29, 0.717) is 22.4 Å². The molecule has 6 nitrogen and oxygen atoms in total. The van der Waals surface area contributed by atoms with Gasteiger partial charge in [0.05, 0.1) is 13.5 Å². The highest BCUT2D eigenvalue weighted by atomic mass is 16.5. The molecule has 1 amide bonds. The number of carbonyl (C=O) groups excluding carboxylic acids is 2. The predicted molar refractivity (Wildman–Crippen MR) is 91.7 cm³/mol. The van der Waals surface area contributed by atoms with Crippen molar-refractivity contribution in [2.75, 3.05) is 7.11 Å². The molecule has 0 saturated carbocycles.